The Balaban J connectivity index is 2.42. The topological polar surface area (TPSA) is 49.3 Å². The Hall–Kier alpha value is -1.56. The fourth-order valence-electron chi connectivity index (χ4n) is 2.56. The van der Waals surface area contributed by atoms with Crippen LogP contribution in [0.2, 0.25) is 0 Å². The molecule has 0 amide bonds. The Morgan fingerprint density at radius 1 is 1.32 bits per heavy atom. The third-order valence-corrected chi connectivity index (χ3v) is 3.46. The van der Waals surface area contributed by atoms with E-state index in [2.05, 4.69) is 5.32 Å². The Bertz CT molecular complexity index is 473. The minimum atomic E-state index is -4.46. The van der Waals surface area contributed by atoms with Gasteiger partial charge in [-0.1, -0.05) is 18.2 Å². The van der Waals surface area contributed by atoms with E-state index in [0.29, 0.717) is 13.0 Å². The molecular formula is C13H14F3NO2. The maximum atomic E-state index is 13.0. The van der Waals surface area contributed by atoms with E-state index in [1.165, 1.54) is 18.2 Å². The molecule has 2 atom stereocenters. The van der Waals surface area contributed by atoms with Gasteiger partial charge in [0, 0.05) is 12.5 Å². The van der Waals surface area contributed by atoms with Gasteiger partial charge < -0.3 is 10.4 Å². The molecule has 0 saturated carbocycles. The minimum absolute atomic E-state index is 0.0644. The number of carbonyl (C=O) groups is 1. The van der Waals surface area contributed by atoms with Crippen LogP contribution in [0.4, 0.5) is 13.2 Å². The highest BCUT2D eigenvalue weighted by atomic mass is 19.4. The summed E-state index contributed by atoms with van der Waals surface area (Å²) in [5.74, 6) is -2.46. The monoisotopic (exact) mass is 273 g/mol. The number of benzene rings is 1. The number of piperidine rings is 1. The zero-order valence-corrected chi connectivity index (χ0v) is 10.1. The zero-order chi connectivity index (χ0) is 14.0. The number of hydrogen-bond acceptors (Lipinski definition) is 2. The van der Waals surface area contributed by atoms with Gasteiger partial charge in [-0.3, -0.25) is 4.79 Å². The summed E-state index contributed by atoms with van der Waals surface area (Å²) in [7, 11) is 0. The molecule has 19 heavy (non-hydrogen) atoms. The zero-order valence-electron chi connectivity index (χ0n) is 10.1. The van der Waals surface area contributed by atoms with Crippen LogP contribution in [0.3, 0.4) is 0 Å². The SMILES string of the molecule is O=C(O)C1CCNCC1c1ccccc1C(F)(F)F. The van der Waals surface area contributed by atoms with Gasteiger partial charge in [0.05, 0.1) is 11.5 Å². The van der Waals surface area contributed by atoms with Gasteiger partial charge in [0.25, 0.3) is 0 Å². The first kappa shape index (κ1) is 13.9. The normalized spacial score (nSPS) is 24.2. The summed E-state index contributed by atoms with van der Waals surface area (Å²) in [6.45, 7) is 0.770. The van der Waals surface area contributed by atoms with Crippen molar-refractivity contribution in [2.75, 3.05) is 13.1 Å². The first-order valence-corrected chi connectivity index (χ1v) is 6.01. The Labute approximate surface area is 108 Å². The molecule has 1 heterocycles. The fourth-order valence-corrected chi connectivity index (χ4v) is 2.56. The highest BCUT2D eigenvalue weighted by Crippen LogP contribution is 2.39. The van der Waals surface area contributed by atoms with E-state index in [1.807, 2.05) is 0 Å². The van der Waals surface area contributed by atoms with Crippen LogP contribution in [-0.2, 0) is 11.0 Å². The molecule has 1 aromatic rings. The summed E-state index contributed by atoms with van der Waals surface area (Å²) in [6, 6.07) is 5.20. The summed E-state index contributed by atoms with van der Waals surface area (Å²) in [4.78, 5) is 11.2. The number of aliphatic carboxylic acids is 1. The van der Waals surface area contributed by atoms with Crippen molar-refractivity contribution in [3.8, 4) is 0 Å². The summed E-state index contributed by atoms with van der Waals surface area (Å²) in [6.07, 6.45) is -4.12. The predicted octanol–water partition coefficient (Wildman–Crippen LogP) is 2.48. The summed E-state index contributed by atoms with van der Waals surface area (Å²) >= 11 is 0. The summed E-state index contributed by atoms with van der Waals surface area (Å²) < 4.78 is 38.9. The number of hydrogen-bond donors (Lipinski definition) is 2. The van der Waals surface area contributed by atoms with Gasteiger partial charge in [-0.05, 0) is 24.6 Å². The van der Waals surface area contributed by atoms with E-state index in [4.69, 9.17) is 5.11 Å². The second-order valence-corrected chi connectivity index (χ2v) is 4.63. The Kier molecular flexibility index (Phi) is 3.80. The van der Waals surface area contributed by atoms with Crippen LogP contribution in [0.15, 0.2) is 24.3 Å². The number of alkyl halides is 3. The summed E-state index contributed by atoms with van der Waals surface area (Å²) in [5.41, 5.74) is -0.676. The first-order valence-electron chi connectivity index (χ1n) is 6.01. The molecule has 0 spiro atoms. The van der Waals surface area contributed by atoms with Gasteiger partial charge in [-0.25, -0.2) is 0 Å². The van der Waals surface area contributed by atoms with Crippen molar-refractivity contribution in [1.82, 2.24) is 5.32 Å². The second kappa shape index (κ2) is 5.21. The van der Waals surface area contributed by atoms with Crippen molar-refractivity contribution in [1.29, 1.82) is 0 Å². The average molecular weight is 273 g/mol. The highest BCUT2D eigenvalue weighted by Gasteiger charge is 2.39. The molecule has 2 unspecified atom stereocenters. The molecule has 0 radical (unpaired) electrons. The van der Waals surface area contributed by atoms with Gasteiger partial charge in [0.15, 0.2) is 0 Å². The van der Waals surface area contributed by atoms with Crippen LogP contribution in [-0.4, -0.2) is 24.2 Å². The van der Waals surface area contributed by atoms with E-state index in [-0.39, 0.29) is 12.1 Å². The highest BCUT2D eigenvalue weighted by molar-refractivity contribution is 5.72. The van der Waals surface area contributed by atoms with E-state index in [9.17, 15) is 18.0 Å². The molecule has 2 rings (SSSR count). The van der Waals surface area contributed by atoms with Crippen LogP contribution in [0.25, 0.3) is 0 Å². The van der Waals surface area contributed by atoms with E-state index in [1.54, 1.807) is 0 Å². The molecule has 1 aliphatic heterocycles. The van der Waals surface area contributed by atoms with Gasteiger partial charge in [0.1, 0.15) is 0 Å². The molecule has 0 bridgehead atoms. The van der Waals surface area contributed by atoms with Gasteiger partial charge >= 0.3 is 12.1 Å². The molecule has 0 aromatic heterocycles. The van der Waals surface area contributed by atoms with Crippen molar-refractivity contribution in [3.63, 3.8) is 0 Å². The van der Waals surface area contributed by atoms with E-state index >= 15 is 0 Å². The maximum Gasteiger partial charge on any atom is 0.416 e. The third kappa shape index (κ3) is 2.89. The molecule has 104 valence electrons. The molecule has 1 saturated heterocycles. The lowest BCUT2D eigenvalue weighted by Gasteiger charge is -2.31. The van der Waals surface area contributed by atoms with E-state index in [0.717, 1.165) is 6.07 Å². The molecular weight excluding hydrogens is 259 g/mol. The predicted molar refractivity (Wildman–Crippen MR) is 62.8 cm³/mol. The number of carboxylic acids is 1. The Morgan fingerprint density at radius 2 is 2.00 bits per heavy atom. The molecule has 6 heteroatoms. The van der Waals surface area contributed by atoms with Gasteiger partial charge in [0.2, 0.25) is 0 Å². The number of carboxylic acid groups (broad SMARTS) is 1. The Morgan fingerprint density at radius 3 is 2.63 bits per heavy atom. The quantitative estimate of drug-likeness (QED) is 0.870. The summed E-state index contributed by atoms with van der Waals surface area (Å²) in [5, 5.41) is 12.1. The van der Waals surface area contributed by atoms with Gasteiger partial charge in [-0.2, -0.15) is 13.2 Å². The van der Waals surface area contributed by atoms with Crippen LogP contribution in [0.5, 0.6) is 0 Å². The average Bonchev–Trinajstić information content (AvgIpc) is 2.37. The third-order valence-electron chi connectivity index (χ3n) is 3.46. The van der Waals surface area contributed by atoms with Crippen molar-refractivity contribution >= 4 is 5.97 Å². The van der Waals surface area contributed by atoms with Crippen molar-refractivity contribution in [3.05, 3.63) is 35.4 Å². The van der Waals surface area contributed by atoms with Crippen LogP contribution >= 0.6 is 0 Å². The van der Waals surface area contributed by atoms with Gasteiger partial charge in [-0.15, -0.1) is 0 Å². The lowest BCUT2D eigenvalue weighted by Crippen LogP contribution is -2.39. The number of halogens is 3. The second-order valence-electron chi connectivity index (χ2n) is 4.63. The van der Waals surface area contributed by atoms with Crippen molar-refractivity contribution in [2.24, 2.45) is 5.92 Å². The lowest BCUT2D eigenvalue weighted by atomic mass is 9.79. The molecule has 3 nitrogen and oxygen atoms in total. The number of nitrogens with one attached hydrogen (secondary N) is 1. The largest absolute Gasteiger partial charge is 0.481 e. The van der Waals surface area contributed by atoms with Crippen LogP contribution in [0.1, 0.15) is 23.5 Å². The molecule has 1 fully saturated rings. The van der Waals surface area contributed by atoms with Crippen LogP contribution in [0, 0.1) is 5.92 Å². The van der Waals surface area contributed by atoms with E-state index < -0.39 is 29.5 Å². The lowest BCUT2D eigenvalue weighted by molar-refractivity contribution is -0.145. The number of rotatable bonds is 2. The van der Waals surface area contributed by atoms with Crippen LogP contribution < -0.4 is 5.32 Å². The van der Waals surface area contributed by atoms with Crippen molar-refractivity contribution < 1.29 is 23.1 Å². The molecule has 2 N–H and O–H groups in total. The fraction of sp³-hybridized carbons (Fsp3) is 0.462. The minimum Gasteiger partial charge on any atom is -0.481 e. The van der Waals surface area contributed by atoms with Crippen molar-refractivity contribution in [2.45, 2.75) is 18.5 Å². The standard InChI is InChI=1S/C13H14F3NO2/c14-13(15,16)11-4-2-1-3-8(11)10-7-17-6-5-9(10)12(18)19/h1-4,9-10,17H,5-7H2,(H,18,19). The molecule has 1 aromatic carbocycles. The smallest absolute Gasteiger partial charge is 0.416 e. The molecule has 0 aliphatic carbocycles. The maximum absolute atomic E-state index is 13.0. The molecule has 1 aliphatic rings. The first-order chi connectivity index (χ1) is 8.91.